The van der Waals surface area contributed by atoms with Crippen LogP contribution in [0.1, 0.15) is 9.75 Å². The Kier molecular flexibility index (Phi) is 2.83. The lowest BCUT2D eigenvalue weighted by Gasteiger charge is -1.99. The van der Waals surface area contributed by atoms with Crippen molar-refractivity contribution < 1.29 is 0 Å². The predicted molar refractivity (Wildman–Crippen MR) is 84.5 cm³/mol. The van der Waals surface area contributed by atoms with Gasteiger partial charge in [0.05, 0.1) is 9.75 Å². The summed E-state index contributed by atoms with van der Waals surface area (Å²) in [4.78, 5) is 12.1. The van der Waals surface area contributed by atoms with Crippen LogP contribution in [0, 0.1) is 0 Å². The van der Waals surface area contributed by atoms with Crippen LogP contribution in [0.15, 0.2) is 45.0 Å². The maximum Gasteiger partial charge on any atom is 0.135 e. The fourth-order valence-electron chi connectivity index (χ4n) is 1.86. The van der Waals surface area contributed by atoms with Crippen LogP contribution in [0.5, 0.6) is 0 Å². The molecule has 90 valence electrons. The van der Waals surface area contributed by atoms with Gasteiger partial charge in [-0.05, 0) is 22.9 Å². The van der Waals surface area contributed by atoms with E-state index in [2.05, 4.69) is 35.0 Å². The SMILES string of the molecule is c1csc(C2=N[C@H]3SC(c4cccs4)=N[C@@H]3S2)c1. The predicted octanol–water partition coefficient (Wildman–Crippen LogP) is 4.15. The standard InChI is InChI=1S/C12H8N2S4/c1-3-7(15-5-1)9-13-11-12(17-9)14-10(18-11)8-4-2-6-16-8/h1-6,11-12H/t11-,12+. The summed E-state index contributed by atoms with van der Waals surface area (Å²) in [5.41, 5.74) is 0. The Labute approximate surface area is 121 Å². The molecule has 2 aromatic rings. The normalized spacial score (nSPS) is 26.0. The summed E-state index contributed by atoms with van der Waals surface area (Å²) < 4.78 is 0. The van der Waals surface area contributed by atoms with E-state index in [4.69, 9.17) is 9.98 Å². The average molecular weight is 308 g/mol. The van der Waals surface area contributed by atoms with Crippen molar-refractivity contribution in [2.24, 2.45) is 9.98 Å². The fraction of sp³-hybridized carbons (Fsp3) is 0.167. The number of hydrogen-bond acceptors (Lipinski definition) is 6. The Balaban J connectivity index is 1.57. The Morgan fingerprint density at radius 3 is 1.67 bits per heavy atom. The van der Waals surface area contributed by atoms with Gasteiger partial charge in [-0.1, -0.05) is 35.7 Å². The van der Waals surface area contributed by atoms with Gasteiger partial charge in [0.2, 0.25) is 0 Å². The molecule has 4 heterocycles. The molecular weight excluding hydrogens is 300 g/mol. The summed E-state index contributed by atoms with van der Waals surface area (Å²) in [6.07, 6.45) is 0. The number of hydrogen-bond donors (Lipinski definition) is 0. The number of fused-ring (bicyclic) bond motifs is 1. The summed E-state index contributed by atoms with van der Waals surface area (Å²) in [6, 6.07) is 8.41. The summed E-state index contributed by atoms with van der Waals surface area (Å²) in [5.74, 6) is 0. The third kappa shape index (κ3) is 1.87. The molecule has 0 saturated heterocycles. The van der Waals surface area contributed by atoms with Crippen LogP contribution in [-0.2, 0) is 0 Å². The van der Waals surface area contributed by atoms with Gasteiger partial charge in [0, 0.05) is 0 Å². The molecule has 0 saturated carbocycles. The van der Waals surface area contributed by atoms with E-state index < -0.39 is 0 Å². The van der Waals surface area contributed by atoms with Gasteiger partial charge >= 0.3 is 0 Å². The minimum atomic E-state index is 0.268. The first kappa shape index (κ1) is 11.3. The third-order valence-electron chi connectivity index (χ3n) is 2.66. The molecule has 2 aromatic heterocycles. The van der Waals surface area contributed by atoms with Crippen LogP contribution in [0.25, 0.3) is 0 Å². The van der Waals surface area contributed by atoms with E-state index in [1.54, 1.807) is 46.2 Å². The van der Waals surface area contributed by atoms with Crippen LogP contribution in [-0.4, -0.2) is 20.8 Å². The summed E-state index contributed by atoms with van der Waals surface area (Å²) in [5, 5.41) is 7.04. The van der Waals surface area contributed by atoms with Crippen molar-refractivity contribution in [1.82, 2.24) is 0 Å². The first-order valence-corrected chi connectivity index (χ1v) is 8.99. The maximum absolute atomic E-state index is 4.80. The summed E-state index contributed by atoms with van der Waals surface area (Å²) in [6.45, 7) is 0. The topological polar surface area (TPSA) is 24.7 Å². The van der Waals surface area contributed by atoms with Crippen molar-refractivity contribution in [3.05, 3.63) is 44.8 Å². The fourth-order valence-corrected chi connectivity index (χ4v) is 5.98. The molecule has 18 heavy (non-hydrogen) atoms. The monoisotopic (exact) mass is 308 g/mol. The van der Waals surface area contributed by atoms with Crippen molar-refractivity contribution in [1.29, 1.82) is 0 Å². The zero-order chi connectivity index (χ0) is 11.9. The molecule has 0 radical (unpaired) electrons. The van der Waals surface area contributed by atoms with Crippen molar-refractivity contribution in [2.45, 2.75) is 10.7 Å². The number of aliphatic imine (C=N–C) groups is 2. The van der Waals surface area contributed by atoms with Crippen molar-refractivity contribution in [3.63, 3.8) is 0 Å². The maximum atomic E-state index is 4.80. The molecule has 0 bridgehead atoms. The average Bonchev–Trinajstić information content (AvgIpc) is 3.13. The molecule has 4 rings (SSSR count). The highest BCUT2D eigenvalue weighted by Gasteiger charge is 2.37. The number of thioether (sulfide) groups is 2. The largest absolute Gasteiger partial charge is 0.259 e. The highest BCUT2D eigenvalue weighted by atomic mass is 32.2. The van der Waals surface area contributed by atoms with Gasteiger partial charge in [-0.25, -0.2) is 0 Å². The summed E-state index contributed by atoms with van der Waals surface area (Å²) in [7, 11) is 0. The van der Waals surface area contributed by atoms with Crippen molar-refractivity contribution in [3.8, 4) is 0 Å². The van der Waals surface area contributed by atoms with Crippen LogP contribution in [0.3, 0.4) is 0 Å². The molecule has 2 aliphatic rings. The third-order valence-corrected chi connectivity index (χ3v) is 7.15. The quantitative estimate of drug-likeness (QED) is 0.832. The minimum absolute atomic E-state index is 0.268. The summed E-state index contributed by atoms with van der Waals surface area (Å²) >= 11 is 7.09. The molecule has 2 nitrogen and oxygen atoms in total. The molecule has 0 N–H and O–H groups in total. The molecule has 0 unspecified atom stereocenters. The van der Waals surface area contributed by atoms with E-state index in [1.165, 1.54) is 9.75 Å². The number of rotatable bonds is 2. The van der Waals surface area contributed by atoms with E-state index in [1.807, 2.05) is 0 Å². The lowest BCUT2D eigenvalue weighted by atomic mass is 10.5. The van der Waals surface area contributed by atoms with Crippen LogP contribution in [0.2, 0.25) is 0 Å². The Morgan fingerprint density at radius 2 is 1.28 bits per heavy atom. The first-order valence-electron chi connectivity index (χ1n) is 5.47. The Bertz CT molecular complexity index is 556. The van der Waals surface area contributed by atoms with E-state index in [-0.39, 0.29) is 10.7 Å². The van der Waals surface area contributed by atoms with Gasteiger partial charge in [-0.3, -0.25) is 9.98 Å². The highest BCUT2D eigenvalue weighted by molar-refractivity contribution is 8.20. The zero-order valence-electron chi connectivity index (χ0n) is 9.15. The molecular formula is C12H8N2S4. The van der Waals surface area contributed by atoms with Crippen LogP contribution < -0.4 is 0 Å². The first-order chi connectivity index (χ1) is 8.90. The second-order valence-electron chi connectivity index (χ2n) is 3.84. The van der Waals surface area contributed by atoms with E-state index in [9.17, 15) is 0 Å². The van der Waals surface area contributed by atoms with E-state index in [0.717, 1.165) is 10.1 Å². The lowest BCUT2D eigenvalue weighted by Crippen LogP contribution is -2.03. The van der Waals surface area contributed by atoms with E-state index in [0.29, 0.717) is 0 Å². The highest BCUT2D eigenvalue weighted by Crippen LogP contribution is 2.44. The molecule has 6 heteroatoms. The van der Waals surface area contributed by atoms with Crippen molar-refractivity contribution in [2.75, 3.05) is 0 Å². The van der Waals surface area contributed by atoms with Gasteiger partial charge in [0.25, 0.3) is 0 Å². The van der Waals surface area contributed by atoms with Gasteiger partial charge in [0.15, 0.2) is 0 Å². The molecule has 0 spiro atoms. The molecule has 0 aliphatic carbocycles. The van der Waals surface area contributed by atoms with Gasteiger partial charge in [-0.2, -0.15) is 0 Å². The van der Waals surface area contributed by atoms with Crippen molar-refractivity contribution >= 4 is 56.3 Å². The molecule has 2 atom stereocenters. The van der Waals surface area contributed by atoms with Crippen LogP contribution in [0.4, 0.5) is 0 Å². The lowest BCUT2D eigenvalue weighted by molar-refractivity contribution is 0.898. The van der Waals surface area contributed by atoms with E-state index >= 15 is 0 Å². The minimum Gasteiger partial charge on any atom is -0.259 e. The van der Waals surface area contributed by atoms with Gasteiger partial charge in [-0.15, -0.1) is 22.7 Å². The van der Waals surface area contributed by atoms with Gasteiger partial charge in [0.1, 0.15) is 20.8 Å². The van der Waals surface area contributed by atoms with Gasteiger partial charge < -0.3 is 0 Å². The second-order valence-corrected chi connectivity index (χ2v) is 7.95. The smallest absolute Gasteiger partial charge is 0.135 e. The molecule has 2 aliphatic heterocycles. The zero-order valence-corrected chi connectivity index (χ0v) is 12.4. The molecule has 0 aromatic carbocycles. The molecule has 0 fully saturated rings. The Morgan fingerprint density at radius 1 is 0.778 bits per heavy atom. The number of nitrogens with zero attached hydrogens (tertiary/aromatic N) is 2. The molecule has 0 amide bonds. The Hall–Kier alpha value is -0.560. The number of thiophene rings is 2. The second kappa shape index (κ2) is 4.52. The van der Waals surface area contributed by atoms with Crippen LogP contribution >= 0.6 is 46.2 Å².